The fourth-order valence-corrected chi connectivity index (χ4v) is 4.17. The van der Waals surface area contributed by atoms with Crippen molar-refractivity contribution in [3.63, 3.8) is 0 Å². The first-order valence-corrected chi connectivity index (χ1v) is 11.0. The number of hydrogen-bond acceptors (Lipinski definition) is 4. The Morgan fingerprint density at radius 2 is 1.88 bits per heavy atom. The summed E-state index contributed by atoms with van der Waals surface area (Å²) in [5, 5.41) is 2.86. The quantitative estimate of drug-likeness (QED) is 0.569. The highest BCUT2D eigenvalue weighted by molar-refractivity contribution is 6.04. The Morgan fingerprint density at radius 1 is 1.06 bits per heavy atom. The number of carbonyl (C=O) groups excluding carboxylic acids is 2. The van der Waals surface area contributed by atoms with Crippen LogP contribution in [0.3, 0.4) is 0 Å². The Kier molecular flexibility index (Phi) is 6.59. The number of aryl methyl sites for hydroxylation is 1. The average molecular weight is 433 g/mol. The Morgan fingerprint density at radius 3 is 2.59 bits per heavy atom. The summed E-state index contributed by atoms with van der Waals surface area (Å²) in [6, 6.07) is 16.7. The van der Waals surface area contributed by atoms with E-state index in [0.29, 0.717) is 17.8 Å². The van der Waals surface area contributed by atoms with E-state index in [2.05, 4.69) is 5.32 Å². The molecule has 2 amide bonds. The molecule has 2 aromatic carbocycles. The van der Waals surface area contributed by atoms with Gasteiger partial charge in [-0.3, -0.25) is 9.59 Å². The monoisotopic (exact) mass is 432 g/mol. The Bertz CT molecular complexity index is 1070. The molecule has 0 saturated carbocycles. The van der Waals surface area contributed by atoms with Crippen LogP contribution in [0.25, 0.3) is 0 Å². The summed E-state index contributed by atoms with van der Waals surface area (Å²) in [5.74, 6) is 0.665. The van der Waals surface area contributed by atoms with E-state index in [0.717, 1.165) is 42.6 Å². The van der Waals surface area contributed by atoms with Crippen LogP contribution < -0.4 is 10.1 Å². The molecule has 1 aromatic heterocycles. The van der Waals surface area contributed by atoms with Gasteiger partial charge in [-0.05, 0) is 67.3 Å². The highest BCUT2D eigenvalue weighted by Gasteiger charge is 2.28. The van der Waals surface area contributed by atoms with Gasteiger partial charge >= 0.3 is 0 Å². The van der Waals surface area contributed by atoms with E-state index in [1.165, 1.54) is 6.26 Å². The van der Waals surface area contributed by atoms with Gasteiger partial charge in [-0.2, -0.15) is 0 Å². The van der Waals surface area contributed by atoms with Gasteiger partial charge in [0.25, 0.3) is 11.8 Å². The largest absolute Gasteiger partial charge is 0.497 e. The van der Waals surface area contributed by atoms with Gasteiger partial charge in [-0.1, -0.05) is 31.0 Å². The van der Waals surface area contributed by atoms with Gasteiger partial charge in [0.05, 0.1) is 19.4 Å². The predicted molar refractivity (Wildman–Crippen MR) is 123 cm³/mol. The summed E-state index contributed by atoms with van der Waals surface area (Å²) in [6.45, 7) is 2.61. The molecule has 32 heavy (non-hydrogen) atoms. The summed E-state index contributed by atoms with van der Waals surface area (Å²) in [7, 11) is 1.65. The summed E-state index contributed by atoms with van der Waals surface area (Å²) in [5.41, 5.74) is 3.15. The zero-order chi connectivity index (χ0) is 22.5. The number of carbonyl (C=O) groups is 2. The highest BCUT2D eigenvalue weighted by Crippen LogP contribution is 2.33. The van der Waals surface area contributed by atoms with E-state index < -0.39 is 0 Å². The van der Waals surface area contributed by atoms with Gasteiger partial charge < -0.3 is 19.4 Å². The number of nitrogens with one attached hydrogen (secondary N) is 1. The van der Waals surface area contributed by atoms with Crippen LogP contribution in [0.5, 0.6) is 5.75 Å². The normalized spacial score (nSPS) is 16.3. The molecule has 4 rings (SSSR count). The van der Waals surface area contributed by atoms with Crippen molar-refractivity contribution in [1.82, 2.24) is 4.90 Å². The van der Waals surface area contributed by atoms with Gasteiger partial charge in [-0.25, -0.2) is 0 Å². The van der Waals surface area contributed by atoms with Gasteiger partial charge in [0.15, 0.2) is 5.76 Å². The first-order valence-electron chi connectivity index (χ1n) is 11.0. The Balaban J connectivity index is 1.60. The predicted octanol–water partition coefficient (Wildman–Crippen LogP) is 5.61. The molecule has 0 bridgehead atoms. The van der Waals surface area contributed by atoms with E-state index in [9.17, 15) is 9.59 Å². The second-order valence-corrected chi connectivity index (χ2v) is 8.10. The van der Waals surface area contributed by atoms with Crippen LogP contribution in [0.15, 0.2) is 65.3 Å². The zero-order valence-electron chi connectivity index (χ0n) is 18.5. The van der Waals surface area contributed by atoms with Crippen molar-refractivity contribution in [3.05, 3.63) is 83.3 Å². The van der Waals surface area contributed by atoms with Crippen LogP contribution in [0.1, 0.15) is 63.8 Å². The van der Waals surface area contributed by atoms with Crippen molar-refractivity contribution >= 4 is 17.5 Å². The molecule has 1 aliphatic rings. The van der Waals surface area contributed by atoms with Crippen LogP contribution in [-0.2, 0) is 0 Å². The first-order chi connectivity index (χ1) is 15.6. The van der Waals surface area contributed by atoms with Crippen LogP contribution in [0.2, 0.25) is 0 Å². The number of methoxy groups -OCH3 is 1. The van der Waals surface area contributed by atoms with Crippen LogP contribution in [0.4, 0.5) is 5.69 Å². The highest BCUT2D eigenvalue weighted by atomic mass is 16.5. The number of anilines is 1. The summed E-state index contributed by atoms with van der Waals surface area (Å²) in [6.07, 6.45) is 5.55. The summed E-state index contributed by atoms with van der Waals surface area (Å²) in [4.78, 5) is 28.0. The van der Waals surface area contributed by atoms with Crippen LogP contribution >= 0.6 is 0 Å². The lowest BCUT2D eigenvalue weighted by molar-refractivity contribution is 0.0680. The standard InChI is InChI=1S/C26H28N2O4/c1-18-9-10-20(17-22(18)27-25(29)24-8-6-16-32-24)26(30)28-15-5-3-4-7-23(28)19-11-13-21(31-2)14-12-19/h6,8-14,16-17,23H,3-5,7,15H2,1-2H3,(H,27,29)/t23-/m1/s1. The minimum atomic E-state index is -0.339. The molecule has 1 atom stereocenters. The molecule has 1 fully saturated rings. The number of furan rings is 1. The van der Waals surface area contributed by atoms with Gasteiger partial charge in [0.1, 0.15) is 5.75 Å². The van der Waals surface area contributed by atoms with E-state index in [1.807, 2.05) is 48.2 Å². The molecule has 1 N–H and O–H groups in total. The molecule has 0 radical (unpaired) electrons. The van der Waals surface area contributed by atoms with Crippen molar-refractivity contribution in [2.24, 2.45) is 0 Å². The molecule has 2 heterocycles. The van der Waals surface area contributed by atoms with Crippen molar-refractivity contribution in [3.8, 4) is 5.75 Å². The van der Waals surface area contributed by atoms with Gasteiger partial charge in [0.2, 0.25) is 0 Å². The summed E-state index contributed by atoms with van der Waals surface area (Å²) >= 11 is 0. The fraction of sp³-hybridized carbons (Fsp3) is 0.308. The molecular weight excluding hydrogens is 404 g/mol. The van der Waals surface area contributed by atoms with Crippen LogP contribution in [-0.4, -0.2) is 30.4 Å². The number of amides is 2. The number of nitrogens with zero attached hydrogens (tertiary/aromatic N) is 1. The molecule has 0 spiro atoms. The number of rotatable bonds is 5. The molecule has 6 nitrogen and oxygen atoms in total. The van der Waals surface area contributed by atoms with Crippen molar-refractivity contribution in [2.45, 2.75) is 38.6 Å². The van der Waals surface area contributed by atoms with E-state index in [1.54, 1.807) is 25.3 Å². The minimum absolute atomic E-state index is 0.0124. The first kappa shape index (κ1) is 21.7. The maximum absolute atomic E-state index is 13.6. The van der Waals surface area contributed by atoms with Crippen LogP contribution in [0, 0.1) is 6.92 Å². The molecular formula is C26H28N2O4. The van der Waals surface area contributed by atoms with E-state index >= 15 is 0 Å². The third kappa shape index (κ3) is 4.69. The maximum atomic E-state index is 13.6. The number of hydrogen-bond donors (Lipinski definition) is 1. The summed E-state index contributed by atoms with van der Waals surface area (Å²) < 4.78 is 10.5. The molecule has 1 aliphatic heterocycles. The van der Waals surface area contributed by atoms with Crippen molar-refractivity contribution in [2.75, 3.05) is 19.0 Å². The number of benzene rings is 2. The van der Waals surface area contributed by atoms with Crippen molar-refractivity contribution in [1.29, 1.82) is 0 Å². The smallest absolute Gasteiger partial charge is 0.291 e. The molecule has 3 aromatic rings. The lowest BCUT2D eigenvalue weighted by atomic mass is 9.99. The molecule has 0 unspecified atom stereocenters. The second-order valence-electron chi connectivity index (χ2n) is 8.10. The van der Waals surface area contributed by atoms with Crippen molar-refractivity contribution < 1.29 is 18.7 Å². The SMILES string of the molecule is COc1ccc([C@H]2CCCCCN2C(=O)c2ccc(C)c(NC(=O)c3ccco3)c2)cc1. The average Bonchev–Trinajstić information content (AvgIpc) is 3.25. The molecule has 166 valence electrons. The molecule has 6 heteroatoms. The minimum Gasteiger partial charge on any atom is -0.497 e. The number of likely N-dealkylation sites (tertiary alicyclic amines) is 1. The van der Waals surface area contributed by atoms with E-state index in [4.69, 9.17) is 9.15 Å². The van der Waals surface area contributed by atoms with Gasteiger partial charge in [0, 0.05) is 17.8 Å². The fourth-order valence-electron chi connectivity index (χ4n) is 4.17. The lowest BCUT2D eigenvalue weighted by Crippen LogP contribution is -2.35. The molecule has 1 saturated heterocycles. The number of ether oxygens (including phenoxy) is 1. The third-order valence-electron chi connectivity index (χ3n) is 5.99. The van der Waals surface area contributed by atoms with E-state index in [-0.39, 0.29) is 23.6 Å². The third-order valence-corrected chi connectivity index (χ3v) is 5.99. The second kappa shape index (κ2) is 9.73. The maximum Gasteiger partial charge on any atom is 0.291 e. The zero-order valence-corrected chi connectivity index (χ0v) is 18.5. The Labute approximate surface area is 188 Å². The molecule has 0 aliphatic carbocycles. The Hall–Kier alpha value is -3.54. The lowest BCUT2D eigenvalue weighted by Gasteiger charge is -2.31. The van der Waals surface area contributed by atoms with Gasteiger partial charge in [-0.15, -0.1) is 0 Å². The topological polar surface area (TPSA) is 71.8 Å².